The number of amides is 2. The molecule has 0 unspecified atom stereocenters. The first-order valence-electron chi connectivity index (χ1n) is 10.8. The fourth-order valence-corrected chi connectivity index (χ4v) is 7.00. The summed E-state index contributed by atoms with van der Waals surface area (Å²) >= 11 is 0. The lowest BCUT2D eigenvalue weighted by atomic mass is 9.48. The van der Waals surface area contributed by atoms with E-state index in [0.717, 1.165) is 25.2 Å². The van der Waals surface area contributed by atoms with Crippen molar-refractivity contribution < 1.29 is 9.59 Å². The minimum absolute atomic E-state index is 0.0262. The van der Waals surface area contributed by atoms with Gasteiger partial charge in [-0.15, -0.1) is 0 Å². The molecular formula is C23H36N2O2. The number of carbonyl (C=O) groups excluding carboxylic acids is 2. The van der Waals surface area contributed by atoms with Crippen molar-refractivity contribution >= 4 is 11.8 Å². The fourth-order valence-electron chi connectivity index (χ4n) is 7.00. The zero-order chi connectivity index (χ0) is 19.6. The molecule has 4 aliphatic rings. The van der Waals surface area contributed by atoms with E-state index in [0.29, 0.717) is 11.8 Å². The predicted octanol–water partition coefficient (Wildman–Crippen LogP) is 3.81. The second kappa shape index (κ2) is 6.09. The van der Waals surface area contributed by atoms with Crippen molar-refractivity contribution in [3.8, 4) is 0 Å². The fraction of sp³-hybridized carbons (Fsp3) is 0.826. The molecule has 1 aliphatic heterocycles. The zero-order valence-electron chi connectivity index (χ0n) is 17.6. The van der Waals surface area contributed by atoms with Gasteiger partial charge >= 0.3 is 0 Å². The third kappa shape index (κ3) is 3.03. The largest absolute Gasteiger partial charge is 0.351 e. The van der Waals surface area contributed by atoms with Crippen molar-refractivity contribution in [1.29, 1.82) is 0 Å². The van der Waals surface area contributed by atoms with Gasteiger partial charge in [-0.05, 0) is 88.5 Å². The molecule has 4 nitrogen and oxygen atoms in total. The van der Waals surface area contributed by atoms with E-state index in [-0.39, 0.29) is 40.1 Å². The SMILES string of the molecule is CC(C)(C)NC(=O)[C@H]1CC[C@H]2C[C@@H]3CC[C@H]4NC(=O)C=C[C@]4(C)[C@@H]3C[C@@]21C. The van der Waals surface area contributed by atoms with Gasteiger partial charge in [0.25, 0.3) is 0 Å². The molecule has 3 fully saturated rings. The van der Waals surface area contributed by atoms with Gasteiger partial charge in [-0.25, -0.2) is 0 Å². The maximum absolute atomic E-state index is 13.1. The molecule has 0 aromatic heterocycles. The molecule has 1 heterocycles. The van der Waals surface area contributed by atoms with Crippen LogP contribution in [0, 0.1) is 34.5 Å². The van der Waals surface area contributed by atoms with Gasteiger partial charge in [0.05, 0.1) is 0 Å². The van der Waals surface area contributed by atoms with Crippen molar-refractivity contribution in [3.05, 3.63) is 12.2 Å². The van der Waals surface area contributed by atoms with Crippen LogP contribution in [0.1, 0.15) is 73.1 Å². The van der Waals surface area contributed by atoms with Crippen LogP contribution in [0.15, 0.2) is 12.2 Å². The summed E-state index contributed by atoms with van der Waals surface area (Å²) in [5.74, 6) is 2.37. The van der Waals surface area contributed by atoms with Gasteiger partial charge in [-0.2, -0.15) is 0 Å². The summed E-state index contributed by atoms with van der Waals surface area (Å²) in [5, 5.41) is 6.48. The standard InChI is InChI=1S/C23H36N2O2/c1-21(2,3)25-20(27)16-8-7-15-12-14-6-9-18-22(4,11-10-19(26)24-18)17(14)13-23(15,16)5/h10-11,14-18H,6-9,12-13H2,1-5H3,(H,24,26)(H,25,27)/t14-,15-,16+,17+,18+,22+,23-/m0/s1. The van der Waals surface area contributed by atoms with E-state index in [1.807, 2.05) is 0 Å². The number of fused-ring (bicyclic) bond motifs is 4. The van der Waals surface area contributed by atoms with Crippen LogP contribution in [0.2, 0.25) is 0 Å². The third-order valence-electron chi connectivity index (χ3n) is 8.45. The van der Waals surface area contributed by atoms with Crippen LogP contribution in [-0.4, -0.2) is 23.4 Å². The number of nitrogens with one attached hydrogen (secondary N) is 2. The van der Waals surface area contributed by atoms with Crippen LogP contribution in [-0.2, 0) is 9.59 Å². The van der Waals surface area contributed by atoms with Crippen LogP contribution >= 0.6 is 0 Å². The van der Waals surface area contributed by atoms with Crippen LogP contribution in [0.5, 0.6) is 0 Å². The van der Waals surface area contributed by atoms with E-state index < -0.39 is 0 Å². The number of hydrogen-bond acceptors (Lipinski definition) is 2. The predicted molar refractivity (Wildman–Crippen MR) is 107 cm³/mol. The van der Waals surface area contributed by atoms with Gasteiger partial charge in [-0.3, -0.25) is 9.59 Å². The number of hydrogen-bond donors (Lipinski definition) is 2. The van der Waals surface area contributed by atoms with Gasteiger partial charge in [0.2, 0.25) is 11.8 Å². The van der Waals surface area contributed by atoms with E-state index >= 15 is 0 Å². The highest BCUT2D eigenvalue weighted by molar-refractivity contribution is 5.89. The Labute approximate surface area is 163 Å². The Hall–Kier alpha value is -1.32. The molecule has 0 bridgehead atoms. The molecule has 0 saturated heterocycles. The van der Waals surface area contributed by atoms with Gasteiger partial charge < -0.3 is 10.6 Å². The highest BCUT2D eigenvalue weighted by Gasteiger charge is 2.60. The second-order valence-electron chi connectivity index (χ2n) is 11.2. The lowest BCUT2D eigenvalue weighted by Gasteiger charge is -2.58. The molecule has 3 aliphatic carbocycles. The monoisotopic (exact) mass is 372 g/mol. The Kier molecular flexibility index (Phi) is 4.29. The highest BCUT2D eigenvalue weighted by Crippen LogP contribution is 2.64. The van der Waals surface area contributed by atoms with Crippen molar-refractivity contribution in [1.82, 2.24) is 10.6 Å². The highest BCUT2D eigenvalue weighted by atomic mass is 16.2. The Morgan fingerprint density at radius 1 is 1.19 bits per heavy atom. The average Bonchev–Trinajstić information content (AvgIpc) is 2.89. The third-order valence-corrected chi connectivity index (χ3v) is 8.45. The summed E-state index contributed by atoms with van der Waals surface area (Å²) in [6, 6.07) is 0.250. The van der Waals surface area contributed by atoms with E-state index in [1.165, 1.54) is 19.3 Å². The first kappa shape index (κ1) is 19.0. The second-order valence-corrected chi connectivity index (χ2v) is 11.2. The maximum atomic E-state index is 13.1. The average molecular weight is 373 g/mol. The van der Waals surface area contributed by atoms with E-state index in [1.54, 1.807) is 6.08 Å². The summed E-state index contributed by atoms with van der Waals surface area (Å²) < 4.78 is 0. The van der Waals surface area contributed by atoms with Gasteiger partial charge in [-0.1, -0.05) is 19.9 Å². The van der Waals surface area contributed by atoms with Gasteiger partial charge in [0.1, 0.15) is 0 Å². The first-order valence-corrected chi connectivity index (χ1v) is 10.8. The molecule has 2 amide bonds. The topological polar surface area (TPSA) is 58.2 Å². The van der Waals surface area contributed by atoms with Crippen molar-refractivity contribution in [2.24, 2.45) is 34.5 Å². The van der Waals surface area contributed by atoms with E-state index in [9.17, 15) is 9.59 Å². The molecule has 4 rings (SSSR count). The molecule has 0 spiro atoms. The maximum Gasteiger partial charge on any atom is 0.243 e. The van der Waals surface area contributed by atoms with Crippen LogP contribution in [0.3, 0.4) is 0 Å². The quantitative estimate of drug-likeness (QED) is 0.735. The van der Waals surface area contributed by atoms with Gasteiger partial charge in [0, 0.05) is 22.9 Å². The molecular weight excluding hydrogens is 336 g/mol. The Bertz CT molecular complexity index is 678. The Balaban J connectivity index is 1.62. The zero-order valence-corrected chi connectivity index (χ0v) is 17.6. The lowest BCUT2D eigenvalue weighted by molar-refractivity contribution is -0.134. The molecule has 27 heavy (non-hydrogen) atoms. The Morgan fingerprint density at radius 3 is 2.63 bits per heavy atom. The first-order chi connectivity index (χ1) is 12.5. The van der Waals surface area contributed by atoms with Crippen LogP contribution in [0.25, 0.3) is 0 Å². The summed E-state index contributed by atoms with van der Waals surface area (Å²) in [6.45, 7) is 10.9. The van der Waals surface area contributed by atoms with Crippen molar-refractivity contribution in [2.45, 2.75) is 84.7 Å². The lowest BCUT2D eigenvalue weighted by Crippen LogP contribution is -2.59. The van der Waals surface area contributed by atoms with Crippen LogP contribution in [0.4, 0.5) is 0 Å². The summed E-state index contributed by atoms with van der Waals surface area (Å²) in [5.41, 5.74) is -0.0732. The summed E-state index contributed by atoms with van der Waals surface area (Å²) in [4.78, 5) is 25.0. The number of carbonyl (C=O) groups is 2. The minimum Gasteiger partial charge on any atom is -0.351 e. The van der Waals surface area contributed by atoms with Crippen molar-refractivity contribution in [3.63, 3.8) is 0 Å². The molecule has 150 valence electrons. The van der Waals surface area contributed by atoms with E-state index in [4.69, 9.17) is 0 Å². The summed E-state index contributed by atoms with van der Waals surface area (Å²) in [6.07, 6.45) is 10.8. The van der Waals surface area contributed by atoms with E-state index in [2.05, 4.69) is 51.3 Å². The van der Waals surface area contributed by atoms with Crippen LogP contribution < -0.4 is 10.6 Å². The smallest absolute Gasteiger partial charge is 0.243 e. The number of rotatable bonds is 1. The molecule has 0 radical (unpaired) electrons. The molecule has 7 atom stereocenters. The molecule has 3 saturated carbocycles. The van der Waals surface area contributed by atoms with Gasteiger partial charge in [0.15, 0.2) is 0 Å². The molecule has 0 aromatic carbocycles. The minimum atomic E-state index is -0.180. The molecule has 2 N–H and O–H groups in total. The van der Waals surface area contributed by atoms with Crippen molar-refractivity contribution in [2.75, 3.05) is 0 Å². The molecule has 0 aromatic rings. The molecule has 4 heteroatoms. The summed E-state index contributed by atoms with van der Waals surface area (Å²) in [7, 11) is 0. The Morgan fingerprint density at radius 2 is 1.93 bits per heavy atom. The normalized spacial score (nSPS) is 46.1.